The van der Waals surface area contributed by atoms with E-state index in [1.165, 1.54) is 18.4 Å². The maximum absolute atomic E-state index is 4.25. The van der Waals surface area contributed by atoms with Gasteiger partial charge in [-0.25, -0.2) is 0 Å². The molecule has 0 bridgehead atoms. The number of hydrogen-bond acceptors (Lipinski definition) is 3. The Kier molecular flexibility index (Phi) is 3.83. The molecule has 106 valence electrons. The number of nitrogens with zero attached hydrogens (tertiary/aromatic N) is 3. The smallest absolute Gasteiger partial charge is 0.160 e. The summed E-state index contributed by atoms with van der Waals surface area (Å²) in [5.41, 5.74) is 2.44. The standard InChI is InChI=1S/C16H22N4/c1-12-6-5-7-13(2)14(12)10-17-11-16-19-18-15-8-3-4-9-20(15)16/h3-4,6,8-9,13-14,17H,5,7,10-11H2,1-2H3/t13-,14-/m0/s1. The summed E-state index contributed by atoms with van der Waals surface area (Å²) in [6, 6.07) is 5.97. The summed E-state index contributed by atoms with van der Waals surface area (Å²) in [6.45, 7) is 6.40. The number of hydrogen-bond donors (Lipinski definition) is 1. The molecule has 4 heteroatoms. The van der Waals surface area contributed by atoms with Crippen molar-refractivity contribution in [2.24, 2.45) is 11.8 Å². The third-order valence-electron chi connectivity index (χ3n) is 4.39. The Morgan fingerprint density at radius 3 is 3.10 bits per heavy atom. The van der Waals surface area contributed by atoms with Crippen LogP contribution in [-0.2, 0) is 6.54 Å². The first kappa shape index (κ1) is 13.3. The van der Waals surface area contributed by atoms with Crippen molar-refractivity contribution in [3.63, 3.8) is 0 Å². The lowest BCUT2D eigenvalue weighted by Crippen LogP contribution is -2.29. The predicted molar refractivity (Wildman–Crippen MR) is 80.3 cm³/mol. The van der Waals surface area contributed by atoms with Crippen molar-refractivity contribution >= 4 is 5.65 Å². The number of aromatic nitrogens is 3. The maximum atomic E-state index is 4.25. The SMILES string of the molecule is CC1=CCC[C@H](C)[C@H]1CNCc1nnc2ccccn12. The van der Waals surface area contributed by atoms with Crippen molar-refractivity contribution in [2.75, 3.05) is 6.54 Å². The summed E-state index contributed by atoms with van der Waals surface area (Å²) in [5, 5.41) is 12.0. The van der Waals surface area contributed by atoms with Gasteiger partial charge in [-0.3, -0.25) is 4.40 Å². The van der Waals surface area contributed by atoms with Crippen molar-refractivity contribution < 1.29 is 0 Å². The molecule has 20 heavy (non-hydrogen) atoms. The highest BCUT2D eigenvalue weighted by Crippen LogP contribution is 2.29. The van der Waals surface area contributed by atoms with Gasteiger partial charge in [0.05, 0.1) is 6.54 Å². The fraction of sp³-hybridized carbons (Fsp3) is 0.500. The lowest BCUT2D eigenvalue weighted by molar-refractivity contribution is 0.348. The number of nitrogens with one attached hydrogen (secondary N) is 1. The fourth-order valence-corrected chi connectivity index (χ4v) is 3.09. The second-order valence-corrected chi connectivity index (χ2v) is 5.79. The van der Waals surface area contributed by atoms with Gasteiger partial charge >= 0.3 is 0 Å². The van der Waals surface area contributed by atoms with E-state index in [0.29, 0.717) is 5.92 Å². The molecule has 2 atom stereocenters. The summed E-state index contributed by atoms with van der Waals surface area (Å²) >= 11 is 0. The van der Waals surface area contributed by atoms with Crippen LogP contribution < -0.4 is 5.32 Å². The number of pyridine rings is 1. The van der Waals surface area contributed by atoms with Gasteiger partial charge in [-0.15, -0.1) is 10.2 Å². The Hall–Kier alpha value is -1.68. The molecule has 1 N–H and O–H groups in total. The monoisotopic (exact) mass is 270 g/mol. The molecule has 2 aromatic heterocycles. The first-order valence-corrected chi connectivity index (χ1v) is 7.41. The molecular weight excluding hydrogens is 248 g/mol. The van der Waals surface area contributed by atoms with Crippen LogP contribution in [0.1, 0.15) is 32.5 Å². The van der Waals surface area contributed by atoms with E-state index >= 15 is 0 Å². The molecular formula is C16H22N4. The zero-order chi connectivity index (χ0) is 13.9. The molecule has 0 unspecified atom stereocenters. The molecule has 2 heterocycles. The van der Waals surface area contributed by atoms with Crippen LogP contribution in [0.5, 0.6) is 0 Å². The molecule has 1 aliphatic rings. The Morgan fingerprint density at radius 2 is 2.25 bits per heavy atom. The fourth-order valence-electron chi connectivity index (χ4n) is 3.09. The zero-order valence-corrected chi connectivity index (χ0v) is 12.2. The summed E-state index contributed by atoms with van der Waals surface area (Å²) in [5.74, 6) is 2.40. The molecule has 0 radical (unpaired) electrons. The van der Waals surface area contributed by atoms with Gasteiger partial charge in [0.25, 0.3) is 0 Å². The molecule has 4 nitrogen and oxygen atoms in total. The largest absolute Gasteiger partial charge is 0.309 e. The highest BCUT2D eigenvalue weighted by atomic mass is 15.3. The molecule has 0 spiro atoms. The van der Waals surface area contributed by atoms with Crippen molar-refractivity contribution in [2.45, 2.75) is 33.2 Å². The van der Waals surface area contributed by atoms with E-state index in [1.54, 1.807) is 0 Å². The normalized spacial score (nSPS) is 23.0. The first-order chi connectivity index (χ1) is 9.75. The molecule has 0 saturated carbocycles. The molecule has 3 rings (SSSR count). The van der Waals surface area contributed by atoms with Crippen molar-refractivity contribution in [3.8, 4) is 0 Å². The topological polar surface area (TPSA) is 42.2 Å². The van der Waals surface area contributed by atoms with Gasteiger partial charge in [0.2, 0.25) is 0 Å². The molecule has 0 amide bonds. The highest BCUT2D eigenvalue weighted by molar-refractivity contribution is 5.36. The van der Waals surface area contributed by atoms with E-state index in [9.17, 15) is 0 Å². The van der Waals surface area contributed by atoms with Crippen LogP contribution in [0.15, 0.2) is 36.0 Å². The van der Waals surface area contributed by atoms with E-state index in [1.807, 2.05) is 28.8 Å². The summed E-state index contributed by atoms with van der Waals surface area (Å²) in [6.07, 6.45) is 6.94. The summed E-state index contributed by atoms with van der Waals surface area (Å²) < 4.78 is 2.04. The lowest BCUT2D eigenvalue weighted by Gasteiger charge is -2.28. The van der Waals surface area contributed by atoms with Gasteiger partial charge in [0.1, 0.15) is 0 Å². The summed E-state index contributed by atoms with van der Waals surface area (Å²) in [7, 11) is 0. The molecule has 1 aliphatic carbocycles. The zero-order valence-electron chi connectivity index (χ0n) is 12.2. The predicted octanol–water partition coefficient (Wildman–Crippen LogP) is 2.81. The molecule has 0 saturated heterocycles. The van der Waals surface area contributed by atoms with Gasteiger partial charge < -0.3 is 5.32 Å². The van der Waals surface area contributed by atoms with Crippen LogP contribution in [0.3, 0.4) is 0 Å². The second-order valence-electron chi connectivity index (χ2n) is 5.79. The molecule has 0 aromatic carbocycles. The van der Waals surface area contributed by atoms with E-state index < -0.39 is 0 Å². The lowest BCUT2D eigenvalue weighted by atomic mass is 9.80. The Morgan fingerprint density at radius 1 is 1.35 bits per heavy atom. The average Bonchev–Trinajstić information content (AvgIpc) is 2.86. The van der Waals surface area contributed by atoms with Gasteiger partial charge in [-0.2, -0.15) is 0 Å². The third-order valence-corrected chi connectivity index (χ3v) is 4.39. The van der Waals surface area contributed by atoms with Crippen molar-refractivity contribution in [1.82, 2.24) is 19.9 Å². The third kappa shape index (κ3) is 2.61. The number of rotatable bonds is 4. The van der Waals surface area contributed by atoms with Crippen LogP contribution in [-0.4, -0.2) is 21.1 Å². The highest BCUT2D eigenvalue weighted by Gasteiger charge is 2.21. The Balaban J connectivity index is 1.62. The van der Waals surface area contributed by atoms with Gasteiger partial charge in [0, 0.05) is 12.7 Å². The minimum Gasteiger partial charge on any atom is -0.309 e. The van der Waals surface area contributed by atoms with Crippen LogP contribution in [0, 0.1) is 11.8 Å². The van der Waals surface area contributed by atoms with E-state index in [4.69, 9.17) is 0 Å². The van der Waals surface area contributed by atoms with E-state index in [2.05, 4.69) is 35.4 Å². The van der Waals surface area contributed by atoms with Crippen LogP contribution >= 0.6 is 0 Å². The van der Waals surface area contributed by atoms with Crippen molar-refractivity contribution in [3.05, 3.63) is 41.9 Å². The molecule has 0 aliphatic heterocycles. The van der Waals surface area contributed by atoms with Crippen LogP contribution in [0.2, 0.25) is 0 Å². The van der Waals surface area contributed by atoms with Gasteiger partial charge in [-0.1, -0.05) is 24.6 Å². The summed E-state index contributed by atoms with van der Waals surface area (Å²) in [4.78, 5) is 0. The quantitative estimate of drug-likeness (QED) is 0.869. The van der Waals surface area contributed by atoms with Crippen LogP contribution in [0.4, 0.5) is 0 Å². The second kappa shape index (κ2) is 5.75. The van der Waals surface area contributed by atoms with Crippen molar-refractivity contribution in [1.29, 1.82) is 0 Å². The molecule has 0 fully saturated rings. The average molecular weight is 270 g/mol. The number of allylic oxidation sites excluding steroid dienone is 1. The minimum atomic E-state index is 0.655. The number of fused-ring (bicyclic) bond motifs is 1. The van der Waals surface area contributed by atoms with E-state index in [-0.39, 0.29) is 0 Å². The van der Waals surface area contributed by atoms with Gasteiger partial charge in [-0.05, 0) is 43.7 Å². The van der Waals surface area contributed by atoms with Gasteiger partial charge in [0.15, 0.2) is 11.5 Å². The minimum absolute atomic E-state index is 0.655. The molecule has 2 aromatic rings. The maximum Gasteiger partial charge on any atom is 0.160 e. The Labute approximate surface area is 119 Å². The van der Waals surface area contributed by atoms with Crippen LogP contribution in [0.25, 0.3) is 5.65 Å². The Bertz CT molecular complexity index is 614. The first-order valence-electron chi connectivity index (χ1n) is 7.41. The van der Waals surface area contributed by atoms with E-state index in [0.717, 1.165) is 30.5 Å².